The van der Waals surface area contributed by atoms with Gasteiger partial charge in [-0.05, 0) is 13.0 Å². The Morgan fingerprint density at radius 2 is 2.05 bits per heavy atom. The maximum atomic E-state index is 10.4. The number of hydrogen-bond acceptors (Lipinski definition) is 7. The molecule has 0 spiro atoms. The first-order chi connectivity index (χ1) is 9.25. The Labute approximate surface area is 111 Å². The molecule has 0 radical (unpaired) electrons. The van der Waals surface area contributed by atoms with Crippen LogP contribution in [0.5, 0.6) is 0 Å². The Morgan fingerprint density at radius 1 is 1.37 bits per heavy atom. The van der Waals surface area contributed by atoms with Gasteiger partial charge in [-0.3, -0.25) is 10.1 Å². The highest BCUT2D eigenvalue weighted by Gasteiger charge is 2.09. The highest BCUT2D eigenvalue weighted by Crippen LogP contribution is 2.07. The fraction of sp³-hybridized carbons (Fsp3) is 0.636. The molecule has 1 saturated heterocycles. The Morgan fingerprint density at radius 3 is 2.68 bits per heavy atom. The van der Waals surface area contributed by atoms with Gasteiger partial charge in [0.2, 0.25) is 5.95 Å². The van der Waals surface area contributed by atoms with E-state index in [0.717, 1.165) is 45.7 Å². The quantitative estimate of drug-likeness (QED) is 0.428. The van der Waals surface area contributed by atoms with Gasteiger partial charge in [0.25, 0.3) is 0 Å². The molecule has 1 aromatic heterocycles. The maximum Gasteiger partial charge on any atom is 0.305 e. The zero-order valence-corrected chi connectivity index (χ0v) is 10.7. The van der Waals surface area contributed by atoms with Crippen LogP contribution in [0.4, 0.5) is 11.6 Å². The van der Waals surface area contributed by atoms with Crippen LogP contribution in [0.25, 0.3) is 0 Å². The molecular formula is C11H18N6O2. The van der Waals surface area contributed by atoms with Crippen LogP contribution in [-0.4, -0.2) is 59.1 Å². The molecule has 0 amide bonds. The van der Waals surface area contributed by atoms with Crippen LogP contribution in [0, 0.1) is 10.1 Å². The molecule has 19 heavy (non-hydrogen) atoms. The number of hydrogen-bond donors (Lipinski definition) is 2. The standard InChI is InChI=1S/C11H18N6O2/c18-17(19)10-8-14-11(15-9-10)13-2-1-5-16-6-3-12-4-7-16/h8-9,12H,1-7H2,(H,13,14,15). The van der Waals surface area contributed by atoms with Crippen LogP contribution >= 0.6 is 0 Å². The normalized spacial score (nSPS) is 16.2. The smallest absolute Gasteiger partial charge is 0.305 e. The lowest BCUT2D eigenvalue weighted by Crippen LogP contribution is -2.44. The first kappa shape index (κ1) is 13.6. The fourth-order valence-electron chi connectivity index (χ4n) is 1.94. The number of nitrogens with one attached hydrogen (secondary N) is 2. The molecule has 0 atom stereocenters. The highest BCUT2D eigenvalue weighted by atomic mass is 16.6. The highest BCUT2D eigenvalue weighted by molar-refractivity contribution is 5.30. The van der Waals surface area contributed by atoms with Crippen LogP contribution in [0.1, 0.15) is 6.42 Å². The molecule has 104 valence electrons. The Balaban J connectivity index is 1.66. The summed E-state index contributed by atoms with van der Waals surface area (Å²) in [5, 5.41) is 16.8. The SMILES string of the molecule is O=[N+]([O-])c1cnc(NCCCN2CCNCC2)nc1. The third-order valence-electron chi connectivity index (χ3n) is 2.99. The van der Waals surface area contributed by atoms with Crippen molar-refractivity contribution in [3.63, 3.8) is 0 Å². The predicted octanol–water partition coefficient (Wildman–Crippen LogP) is 0.0920. The second-order valence-electron chi connectivity index (χ2n) is 4.39. The van der Waals surface area contributed by atoms with Gasteiger partial charge in [-0.15, -0.1) is 0 Å². The summed E-state index contributed by atoms with van der Waals surface area (Å²) in [7, 11) is 0. The topological polar surface area (TPSA) is 96.2 Å². The van der Waals surface area contributed by atoms with Gasteiger partial charge >= 0.3 is 5.69 Å². The van der Waals surface area contributed by atoms with Gasteiger partial charge in [0.05, 0.1) is 4.92 Å². The summed E-state index contributed by atoms with van der Waals surface area (Å²) in [6, 6.07) is 0. The van der Waals surface area contributed by atoms with Crippen molar-refractivity contribution in [1.82, 2.24) is 20.2 Å². The maximum absolute atomic E-state index is 10.4. The van der Waals surface area contributed by atoms with E-state index in [-0.39, 0.29) is 5.69 Å². The molecule has 0 bridgehead atoms. The number of piperazine rings is 1. The lowest BCUT2D eigenvalue weighted by Gasteiger charge is -2.27. The minimum Gasteiger partial charge on any atom is -0.354 e. The van der Waals surface area contributed by atoms with E-state index in [2.05, 4.69) is 25.5 Å². The third-order valence-corrected chi connectivity index (χ3v) is 2.99. The summed E-state index contributed by atoms with van der Waals surface area (Å²) in [6.45, 7) is 6.10. The molecule has 2 rings (SSSR count). The van der Waals surface area contributed by atoms with E-state index in [0.29, 0.717) is 5.95 Å². The van der Waals surface area contributed by atoms with Gasteiger partial charge in [0.1, 0.15) is 12.4 Å². The molecule has 0 unspecified atom stereocenters. The number of rotatable bonds is 6. The van der Waals surface area contributed by atoms with Gasteiger partial charge in [0, 0.05) is 32.7 Å². The Bertz CT molecular complexity index is 404. The number of anilines is 1. The molecule has 0 aromatic carbocycles. The molecule has 2 N–H and O–H groups in total. The van der Waals surface area contributed by atoms with Crippen molar-refractivity contribution < 1.29 is 4.92 Å². The van der Waals surface area contributed by atoms with Gasteiger partial charge in [-0.1, -0.05) is 0 Å². The van der Waals surface area contributed by atoms with E-state index in [9.17, 15) is 10.1 Å². The summed E-state index contributed by atoms with van der Waals surface area (Å²) < 4.78 is 0. The number of nitrogens with zero attached hydrogens (tertiary/aromatic N) is 4. The average molecular weight is 266 g/mol. The molecule has 1 fully saturated rings. The lowest BCUT2D eigenvalue weighted by atomic mass is 10.3. The minimum absolute atomic E-state index is 0.0913. The molecule has 8 heteroatoms. The van der Waals surface area contributed by atoms with E-state index in [1.54, 1.807) is 0 Å². The Hall–Kier alpha value is -1.80. The third kappa shape index (κ3) is 4.42. The van der Waals surface area contributed by atoms with Gasteiger partial charge in [-0.25, -0.2) is 9.97 Å². The molecule has 0 aliphatic carbocycles. The van der Waals surface area contributed by atoms with Crippen LogP contribution in [-0.2, 0) is 0 Å². The molecule has 1 aliphatic rings. The van der Waals surface area contributed by atoms with Gasteiger partial charge < -0.3 is 15.5 Å². The van der Waals surface area contributed by atoms with Crippen LogP contribution in [0.2, 0.25) is 0 Å². The average Bonchev–Trinajstić information content (AvgIpc) is 2.45. The first-order valence-corrected chi connectivity index (χ1v) is 6.39. The van der Waals surface area contributed by atoms with E-state index >= 15 is 0 Å². The zero-order chi connectivity index (χ0) is 13.5. The van der Waals surface area contributed by atoms with E-state index < -0.39 is 4.92 Å². The second kappa shape index (κ2) is 6.95. The molecule has 1 aliphatic heterocycles. The van der Waals surface area contributed by atoms with Crippen LogP contribution in [0.3, 0.4) is 0 Å². The molecule has 8 nitrogen and oxygen atoms in total. The lowest BCUT2D eigenvalue weighted by molar-refractivity contribution is -0.385. The second-order valence-corrected chi connectivity index (χ2v) is 4.39. The molecule has 2 heterocycles. The van der Waals surface area contributed by atoms with Gasteiger partial charge in [0.15, 0.2) is 0 Å². The summed E-state index contributed by atoms with van der Waals surface area (Å²) in [6.07, 6.45) is 3.43. The molecular weight excluding hydrogens is 248 g/mol. The number of nitro groups is 1. The van der Waals surface area contributed by atoms with Crippen molar-refractivity contribution in [1.29, 1.82) is 0 Å². The largest absolute Gasteiger partial charge is 0.354 e. The van der Waals surface area contributed by atoms with Crippen molar-refractivity contribution in [3.05, 3.63) is 22.5 Å². The van der Waals surface area contributed by atoms with Crippen molar-refractivity contribution in [2.45, 2.75) is 6.42 Å². The monoisotopic (exact) mass is 266 g/mol. The van der Waals surface area contributed by atoms with E-state index in [4.69, 9.17) is 0 Å². The van der Waals surface area contributed by atoms with E-state index in [1.807, 2.05) is 0 Å². The van der Waals surface area contributed by atoms with Crippen LogP contribution < -0.4 is 10.6 Å². The van der Waals surface area contributed by atoms with Crippen molar-refractivity contribution in [3.8, 4) is 0 Å². The van der Waals surface area contributed by atoms with Crippen molar-refractivity contribution in [2.24, 2.45) is 0 Å². The summed E-state index contributed by atoms with van der Waals surface area (Å²) >= 11 is 0. The number of aromatic nitrogens is 2. The van der Waals surface area contributed by atoms with E-state index in [1.165, 1.54) is 12.4 Å². The predicted molar refractivity (Wildman–Crippen MR) is 71.1 cm³/mol. The Kier molecular flexibility index (Phi) is 4.99. The summed E-state index contributed by atoms with van der Waals surface area (Å²) in [5.41, 5.74) is -0.0913. The summed E-state index contributed by atoms with van der Waals surface area (Å²) in [4.78, 5) is 20.1. The zero-order valence-electron chi connectivity index (χ0n) is 10.7. The summed E-state index contributed by atoms with van der Waals surface area (Å²) in [5.74, 6) is 0.436. The van der Waals surface area contributed by atoms with Crippen molar-refractivity contribution in [2.75, 3.05) is 44.6 Å². The van der Waals surface area contributed by atoms with Crippen molar-refractivity contribution >= 4 is 11.6 Å². The first-order valence-electron chi connectivity index (χ1n) is 6.39. The van der Waals surface area contributed by atoms with Crippen LogP contribution in [0.15, 0.2) is 12.4 Å². The fourth-order valence-corrected chi connectivity index (χ4v) is 1.94. The van der Waals surface area contributed by atoms with Gasteiger partial charge in [-0.2, -0.15) is 0 Å². The molecule has 1 aromatic rings. The minimum atomic E-state index is -0.506. The molecule has 0 saturated carbocycles.